The molecule has 5 N–H and O–H groups in total. The number of nitrogens with zero attached hydrogens (tertiary/aromatic N) is 4. The third kappa shape index (κ3) is 4.68. The Labute approximate surface area is 255 Å². The maximum absolute atomic E-state index is 14.2. The van der Waals surface area contributed by atoms with Crippen molar-refractivity contribution in [1.82, 2.24) is 19.6 Å². The van der Waals surface area contributed by atoms with E-state index in [1.807, 2.05) is 44.1 Å². The van der Waals surface area contributed by atoms with Crippen molar-refractivity contribution in [2.24, 2.45) is 30.5 Å². The number of aromatic nitrogens is 2. The number of aliphatic hydroxyl groups excluding tert-OH is 1. The first-order chi connectivity index (χ1) is 20.6. The lowest BCUT2D eigenvalue weighted by atomic mass is 9.54. The van der Waals surface area contributed by atoms with E-state index in [1.54, 1.807) is 32.0 Å². The summed E-state index contributed by atoms with van der Waals surface area (Å²) in [5, 5.41) is 39.5. The number of likely N-dealkylation sites (N-methyl/N-ethyl adjacent to an activating group) is 2. The Morgan fingerprint density at radius 2 is 1.91 bits per heavy atom. The van der Waals surface area contributed by atoms with E-state index in [0.29, 0.717) is 29.8 Å². The Hall–Kier alpha value is -4.13. The number of primary amides is 1. The van der Waals surface area contributed by atoms with Crippen molar-refractivity contribution in [2.45, 2.75) is 44.9 Å². The molecule has 5 atom stereocenters. The van der Waals surface area contributed by atoms with Crippen LogP contribution in [0.5, 0.6) is 5.75 Å². The number of hydrogen-bond donors (Lipinski definition) is 4. The molecule has 2 fully saturated rings. The molecule has 12 nitrogen and oxygen atoms in total. The number of hydrogen-bond acceptors (Lipinski definition) is 10. The Kier molecular flexibility index (Phi) is 7.90. The Bertz CT molecular complexity index is 1650. The van der Waals surface area contributed by atoms with Gasteiger partial charge in [0.25, 0.3) is 0 Å². The molecule has 1 aromatic heterocycles. The van der Waals surface area contributed by atoms with Gasteiger partial charge in [-0.15, -0.1) is 0 Å². The average molecular weight is 606 g/mol. The van der Waals surface area contributed by atoms with Crippen LogP contribution in [0.3, 0.4) is 0 Å². The number of phenols is 1. The number of carbonyl (C=O) groups is 4. The van der Waals surface area contributed by atoms with Gasteiger partial charge in [-0.1, -0.05) is 11.6 Å². The van der Waals surface area contributed by atoms with Gasteiger partial charge in [0.15, 0.2) is 23.1 Å². The smallest absolute Gasteiger partial charge is 0.235 e. The molecule has 3 aliphatic rings. The average Bonchev–Trinajstić information content (AvgIpc) is 3.37. The van der Waals surface area contributed by atoms with Crippen molar-refractivity contribution < 1.29 is 34.5 Å². The maximum Gasteiger partial charge on any atom is 0.235 e. The maximum atomic E-state index is 14.2. The number of amides is 1. The van der Waals surface area contributed by atoms with Crippen LogP contribution in [-0.2, 0) is 39.2 Å². The fraction of sp³-hybridized carbons (Fsp3) is 0.469. The molecule has 0 bridgehead atoms. The highest BCUT2D eigenvalue weighted by Crippen LogP contribution is 2.53. The fourth-order valence-corrected chi connectivity index (χ4v) is 7.31. The SMILES string of the molecule is CC=C(C)CN(C)Cc1cc(-c2cnn(C)c2)c2c(c1O)C(O)=C1C(=O)[C@]3(O)C(=O)C(C(N)=O)C(=O)[C@@H](N(C)C)[C@@H]3C[C@@H]1C2. The summed E-state index contributed by atoms with van der Waals surface area (Å²) in [5.74, 6) is -8.98. The molecule has 0 radical (unpaired) electrons. The standard InChI is InChI=1S/C32H39N5O7/c1-7-15(2)12-36(5)13-17-9-19(18-11-34-37(6)14-18)20-8-16-10-21-25(35(3)4)28(40)24(31(33)43)30(42)32(21,44)29(41)22(16)27(39)23(20)26(17)38/h7,9,11,14,16,21,24-25,38-39,44H,8,10,12-13H2,1-6H3,(H2,33,43)/t16-,21-,24?,25-,32-/m0/s1. The molecular weight excluding hydrogens is 566 g/mol. The van der Waals surface area contributed by atoms with E-state index in [4.69, 9.17) is 5.73 Å². The van der Waals surface area contributed by atoms with Gasteiger partial charge in [0.05, 0.1) is 17.8 Å². The molecule has 2 aromatic rings. The van der Waals surface area contributed by atoms with E-state index in [0.717, 1.165) is 11.1 Å². The molecule has 3 aliphatic carbocycles. The van der Waals surface area contributed by atoms with Crippen molar-refractivity contribution in [1.29, 1.82) is 0 Å². The molecule has 1 amide bonds. The third-order valence-corrected chi connectivity index (χ3v) is 9.41. The van der Waals surface area contributed by atoms with Crippen LogP contribution in [0.2, 0.25) is 0 Å². The van der Waals surface area contributed by atoms with Crippen molar-refractivity contribution in [3.8, 4) is 16.9 Å². The van der Waals surface area contributed by atoms with Gasteiger partial charge >= 0.3 is 0 Å². The third-order valence-electron chi connectivity index (χ3n) is 9.41. The zero-order valence-corrected chi connectivity index (χ0v) is 25.8. The zero-order chi connectivity index (χ0) is 32.4. The number of phenolic OH excluding ortho intramolecular Hbond substituents is 1. The molecule has 5 rings (SSSR count). The second kappa shape index (κ2) is 11.1. The molecule has 2 saturated carbocycles. The van der Waals surface area contributed by atoms with Crippen LogP contribution in [0.1, 0.15) is 37.0 Å². The summed E-state index contributed by atoms with van der Waals surface area (Å²) < 4.78 is 1.64. The number of ketones is 3. The van der Waals surface area contributed by atoms with Crippen LogP contribution < -0.4 is 5.73 Å². The first-order valence-electron chi connectivity index (χ1n) is 14.5. The summed E-state index contributed by atoms with van der Waals surface area (Å²) in [6, 6.07) is 0.716. The van der Waals surface area contributed by atoms with E-state index in [2.05, 4.69) is 5.10 Å². The summed E-state index contributed by atoms with van der Waals surface area (Å²) in [6.07, 6.45) is 5.66. The van der Waals surface area contributed by atoms with E-state index >= 15 is 0 Å². The Balaban J connectivity index is 1.71. The van der Waals surface area contributed by atoms with Crippen LogP contribution in [-0.4, -0.2) is 97.5 Å². The Morgan fingerprint density at radius 1 is 1.23 bits per heavy atom. The lowest BCUT2D eigenvalue weighted by molar-refractivity contribution is -0.175. The minimum absolute atomic E-state index is 0.00670. The van der Waals surface area contributed by atoms with Crippen molar-refractivity contribution in [3.63, 3.8) is 0 Å². The number of benzene rings is 1. The molecule has 1 aromatic carbocycles. The van der Waals surface area contributed by atoms with Crippen molar-refractivity contribution in [2.75, 3.05) is 27.7 Å². The van der Waals surface area contributed by atoms with Gasteiger partial charge in [-0.3, -0.25) is 33.7 Å². The van der Waals surface area contributed by atoms with E-state index in [1.165, 1.54) is 4.90 Å². The summed E-state index contributed by atoms with van der Waals surface area (Å²) in [6.45, 7) is 4.89. The first-order valence-corrected chi connectivity index (χ1v) is 14.5. The highest BCUT2D eigenvalue weighted by Gasteiger charge is 2.67. The van der Waals surface area contributed by atoms with E-state index in [9.17, 15) is 34.5 Å². The predicted molar refractivity (Wildman–Crippen MR) is 161 cm³/mol. The van der Waals surface area contributed by atoms with Crippen LogP contribution in [0.25, 0.3) is 16.9 Å². The number of rotatable bonds is 7. The molecule has 44 heavy (non-hydrogen) atoms. The van der Waals surface area contributed by atoms with Crippen LogP contribution >= 0.6 is 0 Å². The van der Waals surface area contributed by atoms with Gasteiger partial charge in [0, 0.05) is 49.0 Å². The van der Waals surface area contributed by atoms with E-state index < -0.39 is 58.4 Å². The number of aryl methyl sites for hydroxylation is 1. The lowest BCUT2D eigenvalue weighted by Crippen LogP contribution is -2.72. The summed E-state index contributed by atoms with van der Waals surface area (Å²) in [5.41, 5.74) is 6.17. The van der Waals surface area contributed by atoms with Crippen LogP contribution in [0.4, 0.5) is 0 Å². The number of aliphatic hydroxyl groups is 2. The van der Waals surface area contributed by atoms with Crippen LogP contribution in [0, 0.1) is 17.8 Å². The molecule has 1 unspecified atom stereocenters. The number of fused-ring (bicyclic) bond motifs is 3. The first kappa shape index (κ1) is 31.3. The molecule has 0 saturated heterocycles. The molecule has 12 heteroatoms. The number of aromatic hydroxyl groups is 1. The minimum atomic E-state index is -2.76. The predicted octanol–water partition coefficient (Wildman–Crippen LogP) is 1.14. The van der Waals surface area contributed by atoms with Gasteiger partial charge in [0.1, 0.15) is 11.5 Å². The highest BCUT2D eigenvalue weighted by molar-refractivity contribution is 6.32. The largest absolute Gasteiger partial charge is 0.507 e. The molecular formula is C32H39N5O7. The van der Waals surface area contributed by atoms with Gasteiger partial charge in [0.2, 0.25) is 11.7 Å². The van der Waals surface area contributed by atoms with Gasteiger partial charge < -0.3 is 21.1 Å². The van der Waals surface area contributed by atoms with Crippen LogP contribution in [0.15, 0.2) is 35.7 Å². The fourth-order valence-electron chi connectivity index (χ4n) is 7.31. The lowest BCUT2D eigenvalue weighted by Gasteiger charge is -2.51. The van der Waals surface area contributed by atoms with Crippen molar-refractivity contribution >= 4 is 29.0 Å². The number of nitrogens with two attached hydrogens (primary N) is 1. The highest BCUT2D eigenvalue weighted by atomic mass is 16.3. The van der Waals surface area contributed by atoms with Gasteiger partial charge in [-0.05, 0) is 70.9 Å². The molecule has 1 heterocycles. The van der Waals surface area contributed by atoms with Gasteiger partial charge in [-0.2, -0.15) is 5.10 Å². The molecule has 234 valence electrons. The topological polar surface area (TPSA) is 179 Å². The van der Waals surface area contributed by atoms with Gasteiger partial charge in [-0.25, -0.2) is 0 Å². The summed E-state index contributed by atoms with van der Waals surface area (Å²) >= 11 is 0. The number of carbonyl (C=O) groups excluding carboxylic acids is 4. The van der Waals surface area contributed by atoms with E-state index in [-0.39, 0.29) is 29.7 Å². The number of allylic oxidation sites excluding steroid dienone is 1. The second-order valence-electron chi connectivity index (χ2n) is 12.6. The molecule has 0 aliphatic heterocycles. The molecule has 0 spiro atoms. The van der Waals surface area contributed by atoms with Crippen molar-refractivity contribution in [3.05, 3.63) is 52.4 Å². The monoisotopic (exact) mass is 605 g/mol. The number of Topliss-reactive ketones (excluding diaryl/α,β-unsaturated/α-hetero) is 3. The second-order valence-corrected chi connectivity index (χ2v) is 12.6. The zero-order valence-electron chi connectivity index (χ0n) is 25.8. The normalized spacial score (nSPS) is 27.1. The Morgan fingerprint density at radius 3 is 2.48 bits per heavy atom. The summed E-state index contributed by atoms with van der Waals surface area (Å²) in [4.78, 5) is 56.8. The summed E-state index contributed by atoms with van der Waals surface area (Å²) in [7, 11) is 6.81. The minimum Gasteiger partial charge on any atom is -0.507 e. The quantitative estimate of drug-likeness (QED) is 0.264.